The van der Waals surface area contributed by atoms with Gasteiger partial charge in [0.2, 0.25) is 0 Å². The highest BCUT2D eigenvalue weighted by molar-refractivity contribution is 7.25. The van der Waals surface area contributed by atoms with Crippen LogP contribution in [-0.2, 0) is 11.8 Å². The summed E-state index contributed by atoms with van der Waals surface area (Å²) in [5.41, 5.74) is 17.6. The summed E-state index contributed by atoms with van der Waals surface area (Å²) in [6.07, 6.45) is 2.67. The van der Waals surface area contributed by atoms with E-state index in [2.05, 4.69) is 165 Å². The van der Waals surface area contributed by atoms with Gasteiger partial charge in [-0.05, 0) is 86.3 Å². The number of hydrogen-bond acceptors (Lipinski definition) is 5. The van der Waals surface area contributed by atoms with Gasteiger partial charge in [-0.3, -0.25) is 4.98 Å². The lowest BCUT2D eigenvalue weighted by atomic mass is 9.73. The van der Waals surface area contributed by atoms with Crippen LogP contribution >= 0.6 is 11.3 Å². The van der Waals surface area contributed by atoms with E-state index in [-0.39, 0.29) is 17.5 Å². The smallest absolute Gasteiger partial charge is 0.159 e. The van der Waals surface area contributed by atoms with E-state index in [0.717, 1.165) is 40.2 Å². The SMILES string of the molecule is CC1(C)c2ccccc2-c2cc3c(cc21)CC(c1ccc2sc4ccnc(-c5ccc(C6=NC(c7ccccc7)NC(c7ccccc7)=N6)cc5)c4c2c1)c1ccccc1-3. The van der Waals surface area contributed by atoms with Crippen molar-refractivity contribution in [1.82, 2.24) is 10.3 Å². The van der Waals surface area contributed by atoms with Crippen LogP contribution in [0.2, 0.25) is 0 Å². The van der Waals surface area contributed by atoms with E-state index < -0.39 is 0 Å². The summed E-state index contributed by atoms with van der Waals surface area (Å²) in [5.74, 6) is 1.76. The van der Waals surface area contributed by atoms with Crippen LogP contribution in [0.1, 0.15) is 70.4 Å². The van der Waals surface area contributed by atoms with Crippen molar-refractivity contribution < 1.29 is 0 Å². The highest BCUT2D eigenvalue weighted by atomic mass is 32.1. The summed E-state index contributed by atoms with van der Waals surface area (Å²) < 4.78 is 2.52. The Morgan fingerprint density at radius 3 is 2.15 bits per heavy atom. The van der Waals surface area contributed by atoms with Crippen molar-refractivity contribution in [2.75, 3.05) is 0 Å². The van der Waals surface area contributed by atoms with Crippen LogP contribution in [0, 0.1) is 0 Å². The number of thiophene rings is 1. The third kappa shape index (κ3) is 5.53. The van der Waals surface area contributed by atoms with Crippen molar-refractivity contribution in [1.29, 1.82) is 0 Å². The third-order valence-electron chi connectivity index (χ3n) is 13.0. The molecule has 3 heterocycles. The second-order valence-electron chi connectivity index (χ2n) is 16.8. The van der Waals surface area contributed by atoms with E-state index in [1.165, 1.54) is 70.2 Å². The predicted octanol–water partition coefficient (Wildman–Crippen LogP) is 13.3. The van der Waals surface area contributed by atoms with Crippen LogP contribution < -0.4 is 5.32 Å². The molecule has 60 heavy (non-hydrogen) atoms. The van der Waals surface area contributed by atoms with Crippen LogP contribution in [0.25, 0.3) is 53.7 Å². The largest absolute Gasteiger partial charge is 0.344 e. The molecule has 9 aromatic rings. The summed E-state index contributed by atoms with van der Waals surface area (Å²) in [7, 11) is 0. The van der Waals surface area contributed by atoms with Gasteiger partial charge in [-0.1, -0.05) is 159 Å². The number of pyridine rings is 1. The van der Waals surface area contributed by atoms with Crippen molar-refractivity contribution in [3.05, 3.63) is 221 Å². The summed E-state index contributed by atoms with van der Waals surface area (Å²) in [6, 6.07) is 61.7. The van der Waals surface area contributed by atoms with Gasteiger partial charge in [-0.2, -0.15) is 0 Å². The highest BCUT2D eigenvalue weighted by Gasteiger charge is 2.37. The molecule has 5 heteroatoms. The minimum atomic E-state index is -0.246. The first kappa shape index (κ1) is 35.0. The number of nitrogens with zero attached hydrogens (tertiary/aromatic N) is 3. The number of fused-ring (bicyclic) bond motifs is 9. The molecule has 1 aliphatic heterocycles. The first-order valence-electron chi connectivity index (χ1n) is 20.8. The van der Waals surface area contributed by atoms with E-state index in [9.17, 15) is 0 Å². The molecule has 12 rings (SSSR count). The first-order chi connectivity index (χ1) is 29.5. The Morgan fingerprint density at radius 1 is 0.583 bits per heavy atom. The lowest BCUT2D eigenvalue weighted by Crippen LogP contribution is -2.33. The van der Waals surface area contributed by atoms with E-state index in [1.807, 2.05) is 41.8 Å². The molecular weight excluding hydrogens is 749 g/mol. The molecule has 3 aliphatic rings. The second kappa shape index (κ2) is 13.6. The van der Waals surface area contributed by atoms with Crippen LogP contribution in [0.3, 0.4) is 0 Å². The van der Waals surface area contributed by atoms with Gasteiger partial charge in [0, 0.05) is 54.4 Å². The molecule has 0 fully saturated rings. The molecule has 0 spiro atoms. The average molecular weight is 789 g/mol. The number of rotatable bonds is 5. The molecule has 0 radical (unpaired) electrons. The summed E-state index contributed by atoms with van der Waals surface area (Å²) >= 11 is 1.85. The van der Waals surface area contributed by atoms with E-state index >= 15 is 0 Å². The molecule has 2 aliphatic carbocycles. The van der Waals surface area contributed by atoms with Gasteiger partial charge < -0.3 is 5.32 Å². The number of benzene rings is 7. The Morgan fingerprint density at radius 2 is 1.32 bits per heavy atom. The zero-order valence-corrected chi connectivity index (χ0v) is 34.2. The van der Waals surface area contributed by atoms with E-state index in [0.29, 0.717) is 5.84 Å². The second-order valence-corrected chi connectivity index (χ2v) is 17.9. The summed E-state index contributed by atoms with van der Waals surface area (Å²) in [5, 5.41) is 6.04. The topological polar surface area (TPSA) is 49.6 Å². The van der Waals surface area contributed by atoms with Crippen LogP contribution in [0.5, 0.6) is 0 Å². The zero-order chi connectivity index (χ0) is 40.0. The van der Waals surface area contributed by atoms with E-state index in [1.54, 1.807) is 0 Å². The van der Waals surface area contributed by atoms with Gasteiger partial charge in [-0.15, -0.1) is 11.3 Å². The molecular formula is C55H40N4S. The van der Waals surface area contributed by atoms with Crippen molar-refractivity contribution >= 4 is 43.2 Å². The molecule has 0 saturated heterocycles. The fourth-order valence-electron chi connectivity index (χ4n) is 9.97. The highest BCUT2D eigenvalue weighted by Crippen LogP contribution is 2.53. The molecule has 2 atom stereocenters. The standard InChI is InChI=1S/C55H40N4S/c1-55(2)46-20-12-11-19-41(46)44-32-43-38(31-47(44)55)30-42(39-17-9-10-18-40(39)43)37-25-26-48-45(29-37)50-49(60-48)27-28-56-51(50)33-21-23-36(24-22-33)54-58-52(34-13-5-3-6-14-34)57-53(59-54)35-15-7-4-8-16-35/h3-29,31-32,42,52H,30H2,1-2H3,(H,57,58,59). The normalized spacial score (nSPS) is 17.2. The third-order valence-corrected chi connectivity index (χ3v) is 14.1. The number of amidine groups is 2. The van der Waals surface area contributed by atoms with Crippen molar-refractivity contribution in [3.8, 4) is 33.5 Å². The minimum absolute atomic E-state index is 0.0342. The number of aromatic nitrogens is 1. The molecule has 0 saturated carbocycles. The number of aliphatic imine (C=N–C) groups is 2. The minimum Gasteiger partial charge on any atom is -0.344 e. The van der Waals surface area contributed by atoms with Crippen LogP contribution in [0.15, 0.2) is 186 Å². The molecule has 286 valence electrons. The fourth-order valence-corrected chi connectivity index (χ4v) is 11.0. The lowest BCUT2D eigenvalue weighted by Gasteiger charge is -2.30. The molecule has 7 aromatic carbocycles. The number of nitrogens with one attached hydrogen (secondary N) is 1. The van der Waals surface area contributed by atoms with Crippen molar-refractivity contribution in [3.63, 3.8) is 0 Å². The predicted molar refractivity (Wildman–Crippen MR) is 249 cm³/mol. The Bertz CT molecular complexity index is 3230. The molecule has 0 bridgehead atoms. The van der Waals surface area contributed by atoms with Gasteiger partial charge in [0.15, 0.2) is 5.84 Å². The maximum Gasteiger partial charge on any atom is 0.159 e. The molecule has 1 N–H and O–H groups in total. The fraction of sp³-hybridized carbons (Fsp3) is 0.109. The Hall–Kier alpha value is -6.95. The Balaban J connectivity index is 0.927. The van der Waals surface area contributed by atoms with Gasteiger partial charge in [0.25, 0.3) is 0 Å². The van der Waals surface area contributed by atoms with Gasteiger partial charge in [0.05, 0.1) is 5.69 Å². The Labute approximate surface area is 353 Å². The van der Waals surface area contributed by atoms with Crippen LogP contribution in [0.4, 0.5) is 0 Å². The molecule has 0 amide bonds. The van der Waals surface area contributed by atoms with Crippen LogP contribution in [-0.4, -0.2) is 16.7 Å². The quantitative estimate of drug-likeness (QED) is 0.189. The zero-order valence-electron chi connectivity index (χ0n) is 33.4. The molecule has 4 nitrogen and oxygen atoms in total. The summed E-state index contributed by atoms with van der Waals surface area (Å²) in [4.78, 5) is 15.2. The van der Waals surface area contributed by atoms with Gasteiger partial charge in [-0.25, -0.2) is 9.98 Å². The van der Waals surface area contributed by atoms with Gasteiger partial charge in [0.1, 0.15) is 12.0 Å². The van der Waals surface area contributed by atoms with Crippen molar-refractivity contribution in [2.45, 2.75) is 37.8 Å². The lowest BCUT2D eigenvalue weighted by molar-refractivity contribution is 0.658. The molecule has 2 aromatic heterocycles. The molecule has 2 unspecified atom stereocenters. The average Bonchev–Trinajstić information content (AvgIpc) is 3.79. The van der Waals surface area contributed by atoms with Crippen molar-refractivity contribution in [2.24, 2.45) is 9.98 Å². The number of hydrogen-bond donors (Lipinski definition) is 1. The maximum absolute atomic E-state index is 5.10. The van der Waals surface area contributed by atoms with E-state index in [4.69, 9.17) is 15.0 Å². The Kier molecular flexibility index (Phi) is 7.91. The maximum atomic E-state index is 5.10. The van der Waals surface area contributed by atoms with Gasteiger partial charge >= 0.3 is 0 Å². The monoisotopic (exact) mass is 788 g/mol. The first-order valence-corrected chi connectivity index (χ1v) is 21.6. The summed E-state index contributed by atoms with van der Waals surface area (Å²) in [6.45, 7) is 4.76.